The van der Waals surface area contributed by atoms with E-state index in [1.165, 1.54) is 39.6 Å². The summed E-state index contributed by atoms with van der Waals surface area (Å²) in [5, 5.41) is 2.15. The first-order valence-electron chi connectivity index (χ1n) is 23.1. The van der Waals surface area contributed by atoms with Crippen LogP contribution in [0.5, 0.6) is 0 Å². The van der Waals surface area contributed by atoms with E-state index in [0.29, 0.717) is 11.4 Å². The van der Waals surface area contributed by atoms with E-state index in [-0.39, 0.29) is 42.9 Å². The summed E-state index contributed by atoms with van der Waals surface area (Å²) in [4.78, 5) is 13.9. The van der Waals surface area contributed by atoms with Crippen LogP contribution >= 0.6 is 0 Å². The number of furan rings is 1. The van der Waals surface area contributed by atoms with Crippen LogP contribution in [0.1, 0.15) is 86.7 Å². The van der Waals surface area contributed by atoms with Gasteiger partial charge in [-0.3, -0.25) is 15.0 Å². The van der Waals surface area contributed by atoms with Gasteiger partial charge in [0.1, 0.15) is 5.58 Å². The van der Waals surface area contributed by atoms with Gasteiger partial charge >= 0.3 is 0 Å². The van der Waals surface area contributed by atoms with Crippen molar-refractivity contribution in [3.05, 3.63) is 192 Å². The normalized spacial score (nSPS) is 12.5. The van der Waals surface area contributed by atoms with Gasteiger partial charge in [0.25, 0.3) is 0 Å². The Bertz CT molecular complexity index is 3230. The molecule has 0 unspecified atom stereocenters. The molecule has 0 N–H and O–H groups in total. The van der Waals surface area contributed by atoms with Crippen molar-refractivity contribution in [3.63, 3.8) is 0 Å². The zero-order valence-corrected chi connectivity index (χ0v) is 39.6. The summed E-state index contributed by atoms with van der Waals surface area (Å²) in [5.41, 5.74) is 15.1. The van der Waals surface area contributed by atoms with Gasteiger partial charge in [0.05, 0.1) is 28.3 Å². The third-order valence-electron chi connectivity index (χ3n) is 11.6. The summed E-state index contributed by atoms with van der Waals surface area (Å²) < 4.78 is 31.1. The molecular formula is C58H52IrN4O-2. The van der Waals surface area contributed by atoms with Crippen LogP contribution < -0.4 is 0 Å². The van der Waals surface area contributed by atoms with E-state index in [9.17, 15) is 0 Å². The molecule has 7 aromatic carbocycles. The van der Waals surface area contributed by atoms with Gasteiger partial charge in [0.2, 0.25) is 0 Å². The van der Waals surface area contributed by atoms with E-state index in [1.54, 1.807) is 24.5 Å². The van der Waals surface area contributed by atoms with Crippen molar-refractivity contribution in [3.8, 4) is 50.7 Å². The van der Waals surface area contributed by atoms with Crippen molar-refractivity contribution >= 4 is 33.0 Å². The predicted molar refractivity (Wildman–Crippen MR) is 261 cm³/mol. The van der Waals surface area contributed by atoms with Gasteiger partial charge < -0.3 is 8.98 Å². The van der Waals surface area contributed by atoms with Crippen molar-refractivity contribution in [1.29, 1.82) is 0 Å². The molecule has 0 saturated heterocycles. The van der Waals surface area contributed by atoms with Gasteiger partial charge in [-0.25, -0.2) is 0 Å². The standard InChI is InChI=1S/C43H35N2O.C15H17N2.Ir/c1-27(2)36-24-32(30-16-9-6-10-17-30)25-37(28(3)4)41(36)45-39-21-12-11-20-38(39)44-43(45)35-19-13-18-34-33-23-22-31(26-40(33)46-42(34)35)29-14-7-5-8-15-29;1-11-5-7-12(8-6-11)14-16-9-13(10-17-14)15(2,3)4;/h5-18,20-28H,1-4H3;5-7,9-10H,1-4H3;/q2*-1;/i;1D3;. The molecule has 3 heterocycles. The Balaban J connectivity index is 0.000000244. The summed E-state index contributed by atoms with van der Waals surface area (Å²) >= 11 is 0. The van der Waals surface area contributed by atoms with Crippen LogP contribution in [0.3, 0.4) is 0 Å². The first-order valence-corrected chi connectivity index (χ1v) is 21.6. The number of aromatic nitrogens is 4. The Hall–Kier alpha value is -6.46. The van der Waals surface area contributed by atoms with Crippen molar-refractivity contribution < 1.29 is 28.6 Å². The summed E-state index contributed by atoms with van der Waals surface area (Å²) in [6, 6.07) is 56.2. The zero-order valence-electron chi connectivity index (χ0n) is 40.2. The monoisotopic (exact) mass is 1020 g/mol. The molecule has 0 bridgehead atoms. The molecule has 0 aliphatic rings. The Kier molecular flexibility index (Phi) is 11.5. The molecule has 0 saturated carbocycles. The number of benzene rings is 7. The number of hydrogen-bond donors (Lipinski definition) is 0. The molecule has 10 rings (SSSR count). The number of rotatable bonds is 7. The van der Waals surface area contributed by atoms with Gasteiger partial charge in [-0.2, -0.15) is 0 Å². The van der Waals surface area contributed by atoms with Gasteiger partial charge in [-0.15, -0.1) is 53.6 Å². The molecule has 0 spiro atoms. The van der Waals surface area contributed by atoms with Gasteiger partial charge in [0, 0.05) is 47.7 Å². The Morgan fingerprint density at radius 3 is 1.91 bits per heavy atom. The molecule has 6 heteroatoms. The summed E-state index contributed by atoms with van der Waals surface area (Å²) in [6.45, 7) is 13.3. The molecule has 0 amide bonds. The first kappa shape index (κ1) is 40.3. The van der Waals surface area contributed by atoms with Gasteiger partial charge in [-0.1, -0.05) is 151 Å². The maximum absolute atomic E-state index is 7.33. The minimum absolute atomic E-state index is 0. The van der Waals surface area contributed by atoms with Gasteiger partial charge in [-0.05, 0) is 86.5 Å². The molecule has 3 aromatic heterocycles. The quantitative estimate of drug-likeness (QED) is 0.149. The molecule has 0 aliphatic carbocycles. The largest absolute Gasteiger partial charge is 0.501 e. The van der Waals surface area contributed by atoms with E-state index >= 15 is 0 Å². The molecule has 0 fully saturated rings. The number of fused-ring (bicyclic) bond motifs is 4. The molecule has 0 aliphatic heterocycles. The summed E-state index contributed by atoms with van der Waals surface area (Å²) in [6.07, 6.45) is 3.60. The summed E-state index contributed by atoms with van der Waals surface area (Å²) in [5.74, 6) is 1.96. The second kappa shape index (κ2) is 18.3. The Morgan fingerprint density at radius 1 is 0.656 bits per heavy atom. The zero-order chi connectivity index (χ0) is 46.3. The second-order valence-electron chi connectivity index (χ2n) is 17.7. The van der Waals surface area contributed by atoms with E-state index in [1.807, 2.05) is 12.1 Å². The first-order chi connectivity index (χ1) is 31.7. The molecule has 321 valence electrons. The average molecular weight is 1020 g/mol. The van der Waals surface area contributed by atoms with Crippen LogP contribution in [0.15, 0.2) is 162 Å². The van der Waals surface area contributed by atoms with Crippen LogP contribution in [0, 0.1) is 19.0 Å². The van der Waals surface area contributed by atoms with Crippen molar-refractivity contribution in [1.82, 2.24) is 19.5 Å². The van der Waals surface area contributed by atoms with Crippen LogP contribution in [-0.4, -0.2) is 19.5 Å². The fourth-order valence-corrected chi connectivity index (χ4v) is 8.17. The third kappa shape index (κ3) is 8.73. The predicted octanol–water partition coefficient (Wildman–Crippen LogP) is 15.5. The van der Waals surface area contributed by atoms with Crippen molar-refractivity contribution in [2.24, 2.45) is 0 Å². The molecule has 64 heavy (non-hydrogen) atoms. The number of aryl methyl sites for hydroxylation is 1. The van der Waals surface area contributed by atoms with E-state index in [0.717, 1.165) is 55.5 Å². The number of nitrogens with zero attached hydrogens (tertiary/aromatic N) is 4. The van der Waals surface area contributed by atoms with E-state index in [2.05, 4.69) is 190 Å². The molecule has 1 radical (unpaired) electrons. The van der Waals surface area contributed by atoms with Crippen LogP contribution in [-0.2, 0) is 25.5 Å². The topological polar surface area (TPSA) is 56.7 Å². The molecule has 0 atom stereocenters. The maximum atomic E-state index is 7.33. The second-order valence-corrected chi connectivity index (χ2v) is 17.7. The number of para-hydroxylation sites is 2. The van der Waals surface area contributed by atoms with Crippen LogP contribution in [0.25, 0.3) is 83.7 Å². The molecular weight excluding hydrogens is 961 g/mol. The number of imidazole rings is 1. The van der Waals surface area contributed by atoms with Crippen LogP contribution in [0.2, 0.25) is 0 Å². The fraction of sp³-hybridized carbons (Fsp3) is 0.190. The number of hydrogen-bond acceptors (Lipinski definition) is 4. The minimum atomic E-state index is -2.11. The molecule has 10 aromatic rings. The Labute approximate surface area is 394 Å². The van der Waals surface area contributed by atoms with Crippen molar-refractivity contribution in [2.75, 3.05) is 0 Å². The maximum Gasteiger partial charge on any atom is 0.121 e. The fourth-order valence-electron chi connectivity index (χ4n) is 8.17. The smallest absolute Gasteiger partial charge is 0.121 e. The average Bonchev–Trinajstić information content (AvgIpc) is 3.90. The van der Waals surface area contributed by atoms with Crippen LogP contribution in [0.4, 0.5) is 0 Å². The summed E-state index contributed by atoms with van der Waals surface area (Å²) in [7, 11) is 0. The SMILES string of the molecule is CC(C)c1cc(-c2ccccc2)cc(C(C)C)c1-n1c(-c2[c-]ccc3c2oc2cc(-c4ccccc4)ccc23)nc2ccccc21.[2H]C([2H])([2H])c1c[c-]c(-c2ncc(C(C)(C)C)cn2)cc1.[Ir]. The minimum Gasteiger partial charge on any atom is -0.501 e. The van der Waals surface area contributed by atoms with Gasteiger partial charge in [0.15, 0.2) is 0 Å². The van der Waals surface area contributed by atoms with Crippen molar-refractivity contribution in [2.45, 2.75) is 72.6 Å². The van der Waals surface area contributed by atoms with E-state index in [4.69, 9.17) is 13.5 Å². The Morgan fingerprint density at radius 2 is 1.30 bits per heavy atom. The molecule has 5 nitrogen and oxygen atoms in total. The third-order valence-corrected chi connectivity index (χ3v) is 11.6. The van der Waals surface area contributed by atoms with E-state index < -0.39 is 6.85 Å².